The first kappa shape index (κ1) is 10.5. The first-order chi connectivity index (χ1) is 7.09. The lowest BCUT2D eigenvalue weighted by atomic mass is 9.72. The van der Waals surface area contributed by atoms with E-state index in [1.165, 1.54) is 0 Å². The molecule has 1 saturated carbocycles. The van der Waals surface area contributed by atoms with Crippen molar-refractivity contribution in [2.45, 2.75) is 39.2 Å². The van der Waals surface area contributed by atoms with E-state index in [1.807, 2.05) is 18.2 Å². The first-order valence-electron chi connectivity index (χ1n) is 5.52. The van der Waals surface area contributed by atoms with E-state index in [0.717, 1.165) is 30.6 Å². The van der Waals surface area contributed by atoms with Crippen LogP contribution in [0, 0.1) is 5.41 Å². The number of rotatable bonds is 1. The quantitative estimate of drug-likeness (QED) is 0.765. The molecule has 0 amide bonds. The molecule has 1 fully saturated rings. The zero-order valence-electron chi connectivity index (χ0n) is 9.36. The van der Waals surface area contributed by atoms with Crippen molar-refractivity contribution >= 4 is 6.08 Å². The fourth-order valence-electron chi connectivity index (χ4n) is 2.23. The van der Waals surface area contributed by atoms with Gasteiger partial charge in [-0.05, 0) is 48.5 Å². The molecule has 1 aromatic heterocycles. The van der Waals surface area contributed by atoms with Crippen molar-refractivity contribution in [2.24, 2.45) is 5.41 Å². The van der Waals surface area contributed by atoms with Crippen LogP contribution in [0.25, 0.3) is 6.08 Å². The van der Waals surface area contributed by atoms with Gasteiger partial charge in [-0.15, -0.1) is 0 Å². The molecule has 1 aliphatic rings. The molecule has 82 valence electrons. The molecule has 1 heterocycles. The van der Waals surface area contributed by atoms with Gasteiger partial charge in [-0.25, -0.2) is 0 Å². The molecule has 1 atom stereocenters. The Bertz CT molecular complexity index is 347. The number of aliphatic hydroxyl groups excluding tert-OH is 1. The summed E-state index contributed by atoms with van der Waals surface area (Å²) in [5, 5.41) is 10.2. The van der Waals surface area contributed by atoms with Crippen LogP contribution in [-0.2, 0) is 0 Å². The first-order valence-corrected chi connectivity index (χ1v) is 5.52. The molecule has 1 N–H and O–H groups in total. The van der Waals surface area contributed by atoms with Crippen molar-refractivity contribution < 1.29 is 9.52 Å². The fraction of sp³-hybridized carbons (Fsp3) is 0.538. The molecule has 0 aromatic carbocycles. The Hall–Kier alpha value is -1.02. The third-order valence-corrected chi connectivity index (χ3v) is 3.25. The van der Waals surface area contributed by atoms with Gasteiger partial charge in [0, 0.05) is 0 Å². The maximum Gasteiger partial charge on any atom is 0.126 e. The van der Waals surface area contributed by atoms with Crippen LogP contribution in [0.15, 0.2) is 28.4 Å². The molecule has 1 aromatic rings. The van der Waals surface area contributed by atoms with Gasteiger partial charge in [0.05, 0.1) is 12.4 Å². The van der Waals surface area contributed by atoms with E-state index in [4.69, 9.17) is 4.42 Å². The molecule has 2 heteroatoms. The molecule has 0 aliphatic heterocycles. The number of furan rings is 1. The Kier molecular flexibility index (Phi) is 2.70. The highest BCUT2D eigenvalue weighted by molar-refractivity contribution is 5.49. The van der Waals surface area contributed by atoms with Crippen molar-refractivity contribution in [3.8, 4) is 0 Å². The maximum atomic E-state index is 10.2. The Morgan fingerprint density at radius 2 is 2.33 bits per heavy atom. The predicted octanol–water partition coefficient (Wildman–Crippen LogP) is 3.23. The molecular formula is C13H18O2. The van der Waals surface area contributed by atoms with Crippen LogP contribution in [0.1, 0.15) is 38.9 Å². The molecule has 0 spiro atoms. The van der Waals surface area contributed by atoms with Crippen molar-refractivity contribution in [3.05, 3.63) is 29.7 Å². The van der Waals surface area contributed by atoms with Gasteiger partial charge in [0.25, 0.3) is 0 Å². The van der Waals surface area contributed by atoms with Gasteiger partial charge < -0.3 is 9.52 Å². The predicted molar refractivity (Wildman–Crippen MR) is 60.3 cm³/mol. The van der Waals surface area contributed by atoms with E-state index in [9.17, 15) is 5.11 Å². The van der Waals surface area contributed by atoms with Gasteiger partial charge in [-0.2, -0.15) is 0 Å². The average Bonchev–Trinajstić information content (AvgIpc) is 2.65. The Morgan fingerprint density at radius 1 is 1.53 bits per heavy atom. The summed E-state index contributed by atoms with van der Waals surface area (Å²) < 4.78 is 5.27. The minimum Gasteiger partial charge on any atom is -0.465 e. The molecule has 1 unspecified atom stereocenters. The van der Waals surface area contributed by atoms with Gasteiger partial charge in [0.2, 0.25) is 0 Å². The van der Waals surface area contributed by atoms with Crippen LogP contribution < -0.4 is 0 Å². The van der Waals surface area contributed by atoms with Crippen molar-refractivity contribution in [3.63, 3.8) is 0 Å². The zero-order chi connectivity index (χ0) is 10.9. The molecule has 15 heavy (non-hydrogen) atoms. The van der Waals surface area contributed by atoms with Crippen LogP contribution in [0.3, 0.4) is 0 Å². The molecule has 0 saturated heterocycles. The summed E-state index contributed by atoms with van der Waals surface area (Å²) in [5.74, 6) is 0.835. The Labute approximate surface area is 90.6 Å². The zero-order valence-corrected chi connectivity index (χ0v) is 9.36. The lowest BCUT2D eigenvalue weighted by Gasteiger charge is -2.36. The second-order valence-corrected chi connectivity index (χ2v) is 4.98. The lowest BCUT2D eigenvalue weighted by molar-refractivity contribution is 0.0547. The van der Waals surface area contributed by atoms with Gasteiger partial charge in [0.1, 0.15) is 5.76 Å². The highest BCUT2D eigenvalue weighted by Gasteiger charge is 2.33. The van der Waals surface area contributed by atoms with E-state index in [0.29, 0.717) is 0 Å². The van der Waals surface area contributed by atoms with Crippen molar-refractivity contribution in [2.75, 3.05) is 0 Å². The molecule has 0 radical (unpaired) electrons. The number of hydrogen-bond acceptors (Lipinski definition) is 2. The topological polar surface area (TPSA) is 33.4 Å². The van der Waals surface area contributed by atoms with Crippen LogP contribution in [0.4, 0.5) is 0 Å². The van der Waals surface area contributed by atoms with E-state index in [-0.39, 0.29) is 11.5 Å². The van der Waals surface area contributed by atoms with E-state index in [2.05, 4.69) is 13.8 Å². The summed E-state index contributed by atoms with van der Waals surface area (Å²) in [7, 11) is 0. The highest BCUT2D eigenvalue weighted by Crippen LogP contribution is 2.39. The molecule has 2 nitrogen and oxygen atoms in total. The van der Waals surface area contributed by atoms with Crippen molar-refractivity contribution in [1.29, 1.82) is 0 Å². The van der Waals surface area contributed by atoms with Gasteiger partial charge in [-0.3, -0.25) is 0 Å². The maximum absolute atomic E-state index is 10.2. The lowest BCUT2D eigenvalue weighted by Crippen LogP contribution is -2.34. The van der Waals surface area contributed by atoms with Crippen molar-refractivity contribution in [1.82, 2.24) is 0 Å². The summed E-state index contributed by atoms with van der Waals surface area (Å²) >= 11 is 0. The molecule has 1 aliphatic carbocycles. The highest BCUT2D eigenvalue weighted by atomic mass is 16.3. The molecule has 2 rings (SSSR count). The molecular weight excluding hydrogens is 188 g/mol. The smallest absolute Gasteiger partial charge is 0.126 e. The van der Waals surface area contributed by atoms with Crippen LogP contribution in [-0.4, -0.2) is 11.2 Å². The molecule has 0 bridgehead atoms. The minimum absolute atomic E-state index is 0.00330. The van der Waals surface area contributed by atoms with Gasteiger partial charge in [0.15, 0.2) is 0 Å². The summed E-state index contributed by atoms with van der Waals surface area (Å²) in [4.78, 5) is 0. The number of aliphatic hydroxyl groups is 1. The fourth-order valence-corrected chi connectivity index (χ4v) is 2.23. The summed E-state index contributed by atoms with van der Waals surface area (Å²) in [5.41, 5.74) is 1.10. The third kappa shape index (κ3) is 2.15. The number of hydrogen-bond donors (Lipinski definition) is 1. The van der Waals surface area contributed by atoms with Gasteiger partial charge in [-0.1, -0.05) is 13.8 Å². The normalized spacial score (nSPS) is 28.2. The van der Waals surface area contributed by atoms with E-state index >= 15 is 0 Å². The summed E-state index contributed by atoms with van der Waals surface area (Å²) in [6, 6.07) is 3.79. The van der Waals surface area contributed by atoms with E-state index in [1.54, 1.807) is 6.26 Å². The SMILES string of the molecule is CC1(C)CCC/C(=C\c2ccco2)C1O. The summed E-state index contributed by atoms with van der Waals surface area (Å²) in [6.45, 7) is 4.24. The second kappa shape index (κ2) is 3.86. The average molecular weight is 206 g/mol. The van der Waals surface area contributed by atoms with E-state index < -0.39 is 0 Å². The standard InChI is InChI=1S/C13H18O2/c1-13(2)7-3-5-10(12(13)14)9-11-6-4-8-15-11/h4,6,8-9,12,14H,3,5,7H2,1-2H3/b10-9+. The van der Waals surface area contributed by atoms with Crippen LogP contribution >= 0.6 is 0 Å². The van der Waals surface area contributed by atoms with Gasteiger partial charge >= 0.3 is 0 Å². The largest absolute Gasteiger partial charge is 0.465 e. The monoisotopic (exact) mass is 206 g/mol. The Balaban J connectivity index is 2.22. The second-order valence-electron chi connectivity index (χ2n) is 4.98. The summed E-state index contributed by atoms with van der Waals surface area (Å²) in [6.07, 6.45) is 6.51. The Morgan fingerprint density at radius 3 is 3.00 bits per heavy atom. The minimum atomic E-state index is -0.337. The van der Waals surface area contributed by atoms with Crippen LogP contribution in [0.5, 0.6) is 0 Å². The third-order valence-electron chi connectivity index (χ3n) is 3.25. The van der Waals surface area contributed by atoms with Crippen LogP contribution in [0.2, 0.25) is 0 Å².